The molecule has 0 atom stereocenters. The minimum Gasteiger partial charge on any atom is -0.330 e. The fourth-order valence-electron chi connectivity index (χ4n) is 2.27. The van der Waals surface area contributed by atoms with E-state index in [0.29, 0.717) is 5.92 Å². The Hall–Kier alpha value is 0.200. The Bertz CT molecular complexity index is 379. The molecule has 1 aliphatic heterocycles. The molecule has 2 rings (SSSR count). The molecule has 18 heavy (non-hydrogen) atoms. The van der Waals surface area contributed by atoms with Crippen molar-refractivity contribution in [2.75, 3.05) is 19.6 Å². The number of rotatable bonds is 3. The van der Waals surface area contributed by atoms with Crippen molar-refractivity contribution < 1.29 is 0 Å². The lowest BCUT2D eigenvalue weighted by Gasteiger charge is -2.31. The van der Waals surface area contributed by atoms with Crippen LogP contribution in [0.25, 0.3) is 0 Å². The SMILES string of the molecule is Cl.NCC1CCN(Cc2ccc(Br)cc2Cl)CC1. The van der Waals surface area contributed by atoms with Crippen LogP contribution in [0.15, 0.2) is 22.7 Å². The summed E-state index contributed by atoms with van der Waals surface area (Å²) in [5.41, 5.74) is 6.91. The highest BCUT2D eigenvalue weighted by atomic mass is 79.9. The first-order chi connectivity index (χ1) is 8.19. The van der Waals surface area contributed by atoms with Crippen molar-refractivity contribution in [2.24, 2.45) is 11.7 Å². The smallest absolute Gasteiger partial charge is 0.0462 e. The molecule has 102 valence electrons. The molecule has 0 bridgehead atoms. The molecule has 0 aliphatic carbocycles. The minimum atomic E-state index is 0. The van der Waals surface area contributed by atoms with E-state index in [9.17, 15) is 0 Å². The van der Waals surface area contributed by atoms with E-state index in [1.165, 1.54) is 18.4 Å². The Morgan fingerprint density at radius 3 is 2.56 bits per heavy atom. The van der Waals surface area contributed by atoms with Gasteiger partial charge in [-0.15, -0.1) is 12.4 Å². The Morgan fingerprint density at radius 1 is 1.33 bits per heavy atom. The molecular weight excluding hydrogens is 335 g/mol. The largest absolute Gasteiger partial charge is 0.330 e. The predicted molar refractivity (Wildman–Crippen MR) is 83.5 cm³/mol. The van der Waals surface area contributed by atoms with Gasteiger partial charge in [0.25, 0.3) is 0 Å². The number of nitrogens with zero attached hydrogens (tertiary/aromatic N) is 1. The first-order valence-corrected chi connectivity index (χ1v) is 7.22. The summed E-state index contributed by atoms with van der Waals surface area (Å²) in [6.45, 7) is 4.04. The van der Waals surface area contributed by atoms with Crippen LogP contribution < -0.4 is 5.73 Å². The zero-order valence-corrected chi connectivity index (χ0v) is 13.4. The molecule has 0 amide bonds. The van der Waals surface area contributed by atoms with E-state index < -0.39 is 0 Å². The number of hydrogen-bond acceptors (Lipinski definition) is 2. The van der Waals surface area contributed by atoms with Crippen molar-refractivity contribution in [1.82, 2.24) is 4.90 Å². The number of benzene rings is 1. The van der Waals surface area contributed by atoms with Gasteiger partial charge in [0, 0.05) is 16.0 Å². The van der Waals surface area contributed by atoms with E-state index in [4.69, 9.17) is 17.3 Å². The molecule has 2 nitrogen and oxygen atoms in total. The molecule has 0 spiro atoms. The highest BCUT2D eigenvalue weighted by molar-refractivity contribution is 9.10. The van der Waals surface area contributed by atoms with E-state index in [0.717, 1.165) is 35.7 Å². The second-order valence-corrected chi connectivity index (χ2v) is 6.01. The van der Waals surface area contributed by atoms with Crippen LogP contribution in [-0.2, 0) is 6.54 Å². The Morgan fingerprint density at radius 2 is 2.00 bits per heavy atom. The average molecular weight is 354 g/mol. The monoisotopic (exact) mass is 352 g/mol. The summed E-state index contributed by atoms with van der Waals surface area (Å²) in [6, 6.07) is 6.11. The maximum atomic E-state index is 6.23. The van der Waals surface area contributed by atoms with E-state index in [-0.39, 0.29) is 12.4 Å². The molecule has 0 aromatic heterocycles. The van der Waals surface area contributed by atoms with Crippen LogP contribution in [-0.4, -0.2) is 24.5 Å². The molecule has 0 unspecified atom stereocenters. The van der Waals surface area contributed by atoms with Crippen molar-refractivity contribution in [3.8, 4) is 0 Å². The first kappa shape index (κ1) is 16.3. The summed E-state index contributed by atoms with van der Waals surface area (Å²) in [7, 11) is 0. The van der Waals surface area contributed by atoms with Crippen molar-refractivity contribution in [3.05, 3.63) is 33.3 Å². The molecule has 2 N–H and O–H groups in total. The van der Waals surface area contributed by atoms with E-state index in [1.807, 2.05) is 12.1 Å². The van der Waals surface area contributed by atoms with Gasteiger partial charge in [0.1, 0.15) is 0 Å². The number of likely N-dealkylation sites (tertiary alicyclic amines) is 1. The van der Waals surface area contributed by atoms with Crippen molar-refractivity contribution in [2.45, 2.75) is 19.4 Å². The zero-order chi connectivity index (χ0) is 12.3. The standard InChI is InChI=1S/C13H18BrClN2.ClH/c14-12-2-1-11(13(15)7-12)9-17-5-3-10(8-16)4-6-17;/h1-2,7,10H,3-6,8-9,16H2;1H. The van der Waals surface area contributed by atoms with Crippen LogP contribution in [0.3, 0.4) is 0 Å². The first-order valence-electron chi connectivity index (χ1n) is 6.05. The summed E-state index contributed by atoms with van der Waals surface area (Å²) in [6.07, 6.45) is 2.43. The number of hydrogen-bond donors (Lipinski definition) is 1. The van der Waals surface area contributed by atoms with Gasteiger partial charge in [-0.05, 0) is 56.1 Å². The molecule has 0 radical (unpaired) electrons. The average Bonchev–Trinajstić information content (AvgIpc) is 2.34. The fourth-order valence-corrected chi connectivity index (χ4v) is 3.00. The van der Waals surface area contributed by atoms with Crippen LogP contribution in [0.5, 0.6) is 0 Å². The van der Waals surface area contributed by atoms with E-state index in [1.54, 1.807) is 0 Å². The Kier molecular flexibility index (Phi) is 6.96. The van der Waals surface area contributed by atoms with E-state index >= 15 is 0 Å². The third kappa shape index (κ3) is 4.39. The van der Waals surface area contributed by atoms with Crippen LogP contribution in [0, 0.1) is 5.92 Å². The van der Waals surface area contributed by atoms with Gasteiger partial charge in [-0.1, -0.05) is 33.6 Å². The number of nitrogens with two attached hydrogens (primary N) is 1. The molecule has 0 saturated carbocycles. The molecule has 1 saturated heterocycles. The molecular formula is C13H19BrCl2N2. The minimum absolute atomic E-state index is 0. The topological polar surface area (TPSA) is 29.3 Å². The van der Waals surface area contributed by atoms with Gasteiger partial charge in [-0.25, -0.2) is 0 Å². The van der Waals surface area contributed by atoms with Crippen LogP contribution in [0.4, 0.5) is 0 Å². The van der Waals surface area contributed by atoms with Crippen LogP contribution >= 0.6 is 39.9 Å². The Labute approximate surface area is 128 Å². The summed E-state index contributed by atoms with van der Waals surface area (Å²) in [5, 5.41) is 0.848. The highest BCUT2D eigenvalue weighted by Crippen LogP contribution is 2.24. The van der Waals surface area contributed by atoms with Crippen molar-refractivity contribution >= 4 is 39.9 Å². The third-order valence-corrected chi connectivity index (χ3v) is 4.29. The van der Waals surface area contributed by atoms with Gasteiger partial charge in [0.2, 0.25) is 0 Å². The summed E-state index contributed by atoms with van der Waals surface area (Å²) in [4.78, 5) is 2.46. The lowest BCUT2D eigenvalue weighted by molar-refractivity contribution is 0.180. The van der Waals surface area contributed by atoms with Crippen LogP contribution in [0.1, 0.15) is 18.4 Å². The normalized spacial score (nSPS) is 17.5. The van der Waals surface area contributed by atoms with Crippen molar-refractivity contribution in [3.63, 3.8) is 0 Å². The van der Waals surface area contributed by atoms with Gasteiger partial charge < -0.3 is 5.73 Å². The number of halogens is 3. The lowest BCUT2D eigenvalue weighted by Crippen LogP contribution is -2.35. The third-order valence-electron chi connectivity index (χ3n) is 3.45. The molecule has 1 aromatic rings. The lowest BCUT2D eigenvalue weighted by atomic mass is 9.97. The Balaban J connectivity index is 0.00000162. The summed E-state index contributed by atoms with van der Waals surface area (Å²) < 4.78 is 1.04. The quantitative estimate of drug-likeness (QED) is 0.897. The summed E-state index contributed by atoms with van der Waals surface area (Å²) in [5.74, 6) is 0.714. The second-order valence-electron chi connectivity index (χ2n) is 4.69. The summed E-state index contributed by atoms with van der Waals surface area (Å²) >= 11 is 9.65. The van der Waals surface area contributed by atoms with Gasteiger partial charge in [-0.3, -0.25) is 4.90 Å². The maximum Gasteiger partial charge on any atom is 0.0462 e. The van der Waals surface area contributed by atoms with Gasteiger partial charge in [-0.2, -0.15) is 0 Å². The van der Waals surface area contributed by atoms with Gasteiger partial charge >= 0.3 is 0 Å². The predicted octanol–water partition coefficient (Wildman–Crippen LogP) is 3.70. The van der Waals surface area contributed by atoms with Crippen molar-refractivity contribution in [1.29, 1.82) is 0 Å². The van der Waals surface area contributed by atoms with Gasteiger partial charge in [0.05, 0.1) is 0 Å². The molecule has 1 heterocycles. The van der Waals surface area contributed by atoms with Gasteiger partial charge in [0.15, 0.2) is 0 Å². The molecule has 1 fully saturated rings. The van der Waals surface area contributed by atoms with E-state index in [2.05, 4.69) is 26.9 Å². The maximum absolute atomic E-state index is 6.23. The van der Waals surface area contributed by atoms with Crippen LogP contribution in [0.2, 0.25) is 5.02 Å². The molecule has 1 aliphatic rings. The zero-order valence-electron chi connectivity index (χ0n) is 10.2. The second kappa shape index (κ2) is 7.71. The molecule has 5 heteroatoms. The fraction of sp³-hybridized carbons (Fsp3) is 0.538. The highest BCUT2D eigenvalue weighted by Gasteiger charge is 2.18. The molecule has 1 aromatic carbocycles. The number of piperidine rings is 1.